The summed E-state index contributed by atoms with van der Waals surface area (Å²) in [4.78, 5) is 35.3. The lowest BCUT2D eigenvalue weighted by Gasteiger charge is -2.24. The van der Waals surface area contributed by atoms with Gasteiger partial charge in [0.1, 0.15) is 10.9 Å². The van der Waals surface area contributed by atoms with Crippen molar-refractivity contribution in [3.63, 3.8) is 0 Å². The second-order valence-corrected chi connectivity index (χ2v) is 5.42. The molecule has 1 aliphatic heterocycles. The van der Waals surface area contributed by atoms with Crippen LogP contribution in [0.4, 0.5) is 5.69 Å². The minimum atomic E-state index is -0.569. The molecule has 7 heteroatoms. The molecule has 2 rings (SSSR count). The van der Waals surface area contributed by atoms with Crippen molar-refractivity contribution in [2.24, 2.45) is 0 Å². The van der Waals surface area contributed by atoms with E-state index in [0.29, 0.717) is 29.1 Å². The van der Waals surface area contributed by atoms with Crippen molar-refractivity contribution in [2.45, 2.75) is 25.8 Å². The number of piperidine rings is 1. The van der Waals surface area contributed by atoms with Crippen molar-refractivity contribution in [3.05, 3.63) is 28.6 Å². The Labute approximate surface area is 120 Å². The number of rotatable bonds is 3. The molecule has 0 bridgehead atoms. The largest absolute Gasteiger partial charge is 0.339 e. The van der Waals surface area contributed by atoms with Gasteiger partial charge >= 0.3 is 0 Å². The number of thiophene rings is 1. The van der Waals surface area contributed by atoms with E-state index >= 15 is 0 Å². The Hall–Kier alpha value is -2.15. The zero-order valence-corrected chi connectivity index (χ0v) is 11.8. The van der Waals surface area contributed by atoms with E-state index in [1.165, 1.54) is 18.3 Å². The Bertz CT molecular complexity index is 579. The van der Waals surface area contributed by atoms with Crippen LogP contribution in [0.15, 0.2) is 23.7 Å². The van der Waals surface area contributed by atoms with Crippen molar-refractivity contribution in [2.75, 3.05) is 5.32 Å². The predicted octanol–water partition coefficient (Wildman–Crippen LogP) is 1.23. The Morgan fingerprint density at radius 1 is 1.50 bits per heavy atom. The van der Waals surface area contributed by atoms with Crippen molar-refractivity contribution in [1.29, 1.82) is 0 Å². The van der Waals surface area contributed by atoms with E-state index in [2.05, 4.69) is 22.5 Å². The fraction of sp³-hybridized carbons (Fsp3) is 0.308. The number of carbonyl (C=O) groups is 3. The Morgan fingerprint density at radius 3 is 2.90 bits per heavy atom. The molecule has 0 aromatic carbocycles. The predicted molar refractivity (Wildman–Crippen MR) is 76.4 cm³/mol. The van der Waals surface area contributed by atoms with Gasteiger partial charge in [0.25, 0.3) is 5.91 Å². The number of allylic oxidation sites excluding steroid dienone is 1. The minimum absolute atomic E-state index is 0.246. The quantitative estimate of drug-likeness (QED) is 0.783. The molecule has 1 saturated heterocycles. The number of carbonyl (C=O) groups excluding carboxylic acids is 3. The summed E-state index contributed by atoms with van der Waals surface area (Å²) in [6, 6.07) is 1.09. The minimum Gasteiger partial charge on any atom is -0.339 e. The molecule has 1 aromatic heterocycles. The summed E-state index contributed by atoms with van der Waals surface area (Å²) in [6.45, 7) is 5.06. The topological polar surface area (TPSA) is 87.3 Å². The van der Waals surface area contributed by atoms with Crippen LogP contribution in [0, 0.1) is 0 Å². The highest BCUT2D eigenvalue weighted by molar-refractivity contribution is 7.12. The number of nitrogens with one attached hydrogen (secondary N) is 3. The first-order chi connectivity index (χ1) is 9.47. The van der Waals surface area contributed by atoms with Crippen LogP contribution < -0.4 is 16.0 Å². The van der Waals surface area contributed by atoms with E-state index in [1.807, 2.05) is 0 Å². The van der Waals surface area contributed by atoms with Gasteiger partial charge < -0.3 is 16.0 Å². The summed E-state index contributed by atoms with van der Waals surface area (Å²) in [5.41, 5.74) is 1.12. The van der Waals surface area contributed by atoms with E-state index in [4.69, 9.17) is 0 Å². The van der Waals surface area contributed by atoms with Gasteiger partial charge in [0.2, 0.25) is 11.8 Å². The van der Waals surface area contributed by atoms with Crippen LogP contribution in [0.25, 0.3) is 0 Å². The molecule has 3 amide bonds. The van der Waals surface area contributed by atoms with Crippen LogP contribution in [0.3, 0.4) is 0 Å². The highest BCUT2D eigenvalue weighted by Crippen LogP contribution is 2.22. The van der Waals surface area contributed by atoms with Crippen molar-refractivity contribution < 1.29 is 14.4 Å². The zero-order chi connectivity index (χ0) is 14.7. The number of amides is 3. The average Bonchev–Trinajstić information content (AvgIpc) is 2.80. The van der Waals surface area contributed by atoms with Gasteiger partial charge in [-0.1, -0.05) is 6.58 Å². The molecule has 6 nitrogen and oxygen atoms in total. The van der Waals surface area contributed by atoms with Crippen LogP contribution in [0.5, 0.6) is 0 Å². The smallest absolute Gasteiger partial charge is 0.264 e. The van der Waals surface area contributed by atoms with E-state index in [9.17, 15) is 14.4 Å². The number of hydrogen-bond acceptors (Lipinski definition) is 4. The summed E-state index contributed by atoms with van der Waals surface area (Å²) >= 11 is 1.21. The van der Waals surface area contributed by atoms with Crippen LogP contribution in [0.2, 0.25) is 0 Å². The molecule has 1 aromatic rings. The summed E-state index contributed by atoms with van der Waals surface area (Å²) < 4.78 is 0. The van der Waals surface area contributed by atoms with Crippen molar-refractivity contribution in [3.8, 4) is 0 Å². The third-order valence-electron chi connectivity index (χ3n) is 2.84. The van der Waals surface area contributed by atoms with E-state index in [0.717, 1.165) is 0 Å². The third-order valence-corrected chi connectivity index (χ3v) is 3.75. The maximum absolute atomic E-state index is 12.1. The van der Waals surface area contributed by atoms with E-state index in [-0.39, 0.29) is 17.7 Å². The second kappa shape index (κ2) is 5.87. The second-order valence-electron chi connectivity index (χ2n) is 4.50. The van der Waals surface area contributed by atoms with Gasteiger partial charge in [0.15, 0.2) is 0 Å². The normalized spacial score (nSPS) is 18.4. The Balaban J connectivity index is 2.05. The number of anilines is 1. The first-order valence-electron chi connectivity index (χ1n) is 6.12. The van der Waals surface area contributed by atoms with Gasteiger partial charge in [-0.3, -0.25) is 14.4 Å². The monoisotopic (exact) mass is 293 g/mol. The van der Waals surface area contributed by atoms with Gasteiger partial charge in [0.05, 0.1) is 5.69 Å². The molecule has 0 radical (unpaired) electrons. The van der Waals surface area contributed by atoms with Gasteiger partial charge in [-0.25, -0.2) is 0 Å². The molecule has 2 heterocycles. The molecule has 0 saturated carbocycles. The van der Waals surface area contributed by atoms with Gasteiger partial charge in [-0.05, 0) is 24.3 Å². The molecular weight excluding hydrogens is 278 g/mol. The first-order valence-corrected chi connectivity index (χ1v) is 7.00. The van der Waals surface area contributed by atoms with E-state index in [1.54, 1.807) is 11.4 Å². The lowest BCUT2D eigenvalue weighted by Crippen LogP contribution is -2.49. The molecule has 1 fully saturated rings. The summed E-state index contributed by atoms with van der Waals surface area (Å²) in [5, 5.41) is 9.58. The highest BCUT2D eigenvalue weighted by atomic mass is 32.1. The SMILES string of the molecule is C=C1CCC(NC(=O)c2sccc2NC(C)=O)C(=O)N1. The van der Waals surface area contributed by atoms with Crippen LogP contribution in [-0.2, 0) is 9.59 Å². The lowest BCUT2D eigenvalue weighted by molar-refractivity contribution is -0.123. The maximum Gasteiger partial charge on any atom is 0.264 e. The molecule has 0 aliphatic carbocycles. The molecule has 0 spiro atoms. The Morgan fingerprint density at radius 2 is 2.25 bits per heavy atom. The third kappa shape index (κ3) is 3.24. The molecular formula is C13H15N3O3S. The van der Waals surface area contributed by atoms with Gasteiger partial charge in [-0.2, -0.15) is 0 Å². The molecule has 1 unspecified atom stereocenters. The fourth-order valence-electron chi connectivity index (χ4n) is 1.91. The summed E-state index contributed by atoms with van der Waals surface area (Å²) in [6.07, 6.45) is 1.16. The molecule has 106 valence electrons. The highest BCUT2D eigenvalue weighted by Gasteiger charge is 2.27. The van der Waals surface area contributed by atoms with Gasteiger partial charge in [-0.15, -0.1) is 11.3 Å². The Kier molecular flexibility index (Phi) is 4.19. The first kappa shape index (κ1) is 14.3. The molecule has 1 atom stereocenters. The van der Waals surface area contributed by atoms with Crippen LogP contribution in [-0.4, -0.2) is 23.8 Å². The van der Waals surface area contributed by atoms with Gasteiger partial charge in [0, 0.05) is 12.6 Å². The molecule has 3 N–H and O–H groups in total. The van der Waals surface area contributed by atoms with Crippen LogP contribution in [0.1, 0.15) is 29.4 Å². The fourth-order valence-corrected chi connectivity index (χ4v) is 2.66. The summed E-state index contributed by atoms with van der Waals surface area (Å²) in [7, 11) is 0. The van der Waals surface area contributed by atoms with Crippen molar-refractivity contribution in [1.82, 2.24) is 10.6 Å². The average molecular weight is 293 g/mol. The standard InChI is InChI=1S/C13H15N3O3S/c1-7-3-4-10(12(18)14-7)16-13(19)11-9(5-6-20-11)15-8(2)17/h5-6,10H,1,3-4H2,2H3,(H,14,18)(H,15,17)(H,16,19). The van der Waals surface area contributed by atoms with Crippen molar-refractivity contribution >= 4 is 34.7 Å². The summed E-state index contributed by atoms with van der Waals surface area (Å²) in [5.74, 6) is -0.868. The van der Waals surface area contributed by atoms with E-state index < -0.39 is 6.04 Å². The van der Waals surface area contributed by atoms with Crippen LogP contribution >= 0.6 is 11.3 Å². The number of hydrogen-bond donors (Lipinski definition) is 3. The zero-order valence-electron chi connectivity index (χ0n) is 11.0. The molecule has 20 heavy (non-hydrogen) atoms. The lowest BCUT2D eigenvalue weighted by atomic mass is 10.0. The molecule has 1 aliphatic rings. The maximum atomic E-state index is 12.1.